The van der Waals surface area contributed by atoms with E-state index in [4.69, 9.17) is 0 Å². The molecule has 0 spiro atoms. The molecule has 0 heterocycles. The minimum atomic E-state index is -0.831. The Morgan fingerprint density at radius 2 is 1.08 bits per heavy atom. The molecule has 0 unspecified atom stereocenters. The number of amides is 4. The van der Waals surface area contributed by atoms with Gasteiger partial charge in [0, 0.05) is 24.2 Å². The van der Waals surface area contributed by atoms with E-state index in [1.165, 1.54) is 0 Å². The SMILES string of the molecule is CC(C)NC(=O)NCOC(=O)/C=C/C(=O)OCNC(=O)NC(C)C. The lowest BCUT2D eigenvalue weighted by Crippen LogP contribution is -2.40. The van der Waals surface area contributed by atoms with Crippen molar-refractivity contribution in [1.82, 2.24) is 21.3 Å². The lowest BCUT2D eigenvalue weighted by atomic mass is 10.4. The van der Waals surface area contributed by atoms with Crippen LogP contribution in [0.3, 0.4) is 0 Å². The van der Waals surface area contributed by atoms with Crippen LogP contribution in [-0.2, 0) is 19.1 Å². The molecule has 0 bridgehead atoms. The van der Waals surface area contributed by atoms with Crippen LogP contribution in [0.1, 0.15) is 27.7 Å². The molecule has 0 aliphatic rings. The zero-order chi connectivity index (χ0) is 18.5. The Hall–Kier alpha value is -2.78. The first kappa shape index (κ1) is 21.2. The number of rotatable bonds is 8. The molecular formula is C14H24N4O6. The first-order chi connectivity index (χ1) is 11.2. The molecule has 0 saturated carbocycles. The van der Waals surface area contributed by atoms with Crippen LogP contribution < -0.4 is 21.3 Å². The van der Waals surface area contributed by atoms with Gasteiger partial charge in [0.2, 0.25) is 0 Å². The monoisotopic (exact) mass is 344 g/mol. The van der Waals surface area contributed by atoms with E-state index in [2.05, 4.69) is 30.7 Å². The smallest absolute Gasteiger partial charge is 0.332 e. The first-order valence-corrected chi connectivity index (χ1v) is 7.31. The van der Waals surface area contributed by atoms with Gasteiger partial charge in [0.15, 0.2) is 13.5 Å². The second kappa shape index (κ2) is 11.7. The maximum absolute atomic E-state index is 11.3. The average Bonchev–Trinajstić information content (AvgIpc) is 2.43. The molecule has 10 heteroatoms. The molecular weight excluding hydrogens is 320 g/mol. The van der Waals surface area contributed by atoms with Gasteiger partial charge in [-0.15, -0.1) is 0 Å². The van der Waals surface area contributed by atoms with Gasteiger partial charge in [0.25, 0.3) is 0 Å². The van der Waals surface area contributed by atoms with E-state index in [1.54, 1.807) is 27.7 Å². The summed E-state index contributed by atoms with van der Waals surface area (Å²) in [4.78, 5) is 45.0. The Balaban J connectivity index is 3.87. The molecule has 136 valence electrons. The van der Waals surface area contributed by atoms with Gasteiger partial charge in [0.1, 0.15) is 0 Å². The van der Waals surface area contributed by atoms with Crippen molar-refractivity contribution < 1.29 is 28.7 Å². The highest BCUT2D eigenvalue weighted by molar-refractivity contribution is 5.91. The van der Waals surface area contributed by atoms with E-state index >= 15 is 0 Å². The van der Waals surface area contributed by atoms with E-state index in [0.29, 0.717) is 0 Å². The predicted molar refractivity (Wildman–Crippen MR) is 84.7 cm³/mol. The Morgan fingerprint density at radius 3 is 1.38 bits per heavy atom. The van der Waals surface area contributed by atoms with Crippen LogP contribution in [0.5, 0.6) is 0 Å². The van der Waals surface area contributed by atoms with Crippen LogP contribution in [0.2, 0.25) is 0 Å². The largest absolute Gasteiger partial charge is 0.441 e. The molecule has 0 aromatic rings. The van der Waals surface area contributed by atoms with Crippen LogP contribution in [0.25, 0.3) is 0 Å². The quantitative estimate of drug-likeness (QED) is 0.277. The molecule has 4 amide bonds. The molecule has 10 nitrogen and oxygen atoms in total. The summed E-state index contributed by atoms with van der Waals surface area (Å²) in [5.74, 6) is -1.66. The van der Waals surface area contributed by atoms with Gasteiger partial charge >= 0.3 is 24.0 Å². The fourth-order valence-corrected chi connectivity index (χ4v) is 1.20. The molecule has 0 aliphatic carbocycles. The Kier molecular flexibility index (Phi) is 10.4. The number of hydrogen-bond donors (Lipinski definition) is 4. The van der Waals surface area contributed by atoms with Crippen LogP contribution in [-0.4, -0.2) is 49.5 Å². The van der Waals surface area contributed by atoms with Crippen molar-refractivity contribution >= 4 is 24.0 Å². The van der Waals surface area contributed by atoms with E-state index < -0.39 is 24.0 Å². The number of ether oxygens (including phenoxy) is 2. The zero-order valence-corrected chi connectivity index (χ0v) is 14.2. The van der Waals surface area contributed by atoms with Crippen molar-refractivity contribution in [3.63, 3.8) is 0 Å². The van der Waals surface area contributed by atoms with Gasteiger partial charge in [-0.2, -0.15) is 0 Å². The van der Waals surface area contributed by atoms with E-state index in [9.17, 15) is 19.2 Å². The Morgan fingerprint density at radius 1 is 0.750 bits per heavy atom. The first-order valence-electron chi connectivity index (χ1n) is 7.31. The minimum Gasteiger partial charge on any atom is -0.441 e. The maximum atomic E-state index is 11.3. The second-order valence-electron chi connectivity index (χ2n) is 5.16. The highest BCUT2D eigenvalue weighted by atomic mass is 16.5. The number of hydrogen-bond acceptors (Lipinski definition) is 6. The summed E-state index contributed by atoms with van der Waals surface area (Å²) in [6.45, 7) is 6.44. The lowest BCUT2D eigenvalue weighted by Gasteiger charge is -2.10. The lowest BCUT2D eigenvalue weighted by molar-refractivity contribution is -0.140. The van der Waals surface area contributed by atoms with Gasteiger partial charge < -0.3 is 30.7 Å². The van der Waals surface area contributed by atoms with Crippen molar-refractivity contribution in [2.24, 2.45) is 0 Å². The summed E-state index contributed by atoms with van der Waals surface area (Å²) in [5.41, 5.74) is 0. The van der Waals surface area contributed by atoms with Crippen LogP contribution in [0.4, 0.5) is 9.59 Å². The third-order valence-electron chi connectivity index (χ3n) is 2.09. The molecule has 0 atom stereocenters. The van der Waals surface area contributed by atoms with Crippen molar-refractivity contribution in [1.29, 1.82) is 0 Å². The fourth-order valence-electron chi connectivity index (χ4n) is 1.20. The Labute approximate surface area is 140 Å². The van der Waals surface area contributed by atoms with Crippen molar-refractivity contribution in [3.8, 4) is 0 Å². The van der Waals surface area contributed by atoms with Crippen molar-refractivity contribution in [3.05, 3.63) is 12.2 Å². The van der Waals surface area contributed by atoms with Gasteiger partial charge in [-0.3, -0.25) is 0 Å². The molecule has 0 radical (unpaired) electrons. The number of carbonyl (C=O) groups excluding carboxylic acids is 4. The van der Waals surface area contributed by atoms with Gasteiger partial charge in [-0.1, -0.05) is 0 Å². The van der Waals surface area contributed by atoms with Gasteiger partial charge in [0.05, 0.1) is 0 Å². The second-order valence-corrected chi connectivity index (χ2v) is 5.16. The normalized spacial score (nSPS) is 10.4. The predicted octanol–water partition coefficient (Wildman–Crippen LogP) is -0.0408. The number of esters is 2. The summed E-state index contributed by atoms with van der Waals surface area (Å²) < 4.78 is 9.29. The van der Waals surface area contributed by atoms with Gasteiger partial charge in [-0.05, 0) is 27.7 Å². The average molecular weight is 344 g/mol. The summed E-state index contributed by atoms with van der Waals surface area (Å²) in [6.07, 6.45) is 1.69. The summed E-state index contributed by atoms with van der Waals surface area (Å²) >= 11 is 0. The molecule has 0 aromatic carbocycles. The fraction of sp³-hybridized carbons (Fsp3) is 0.571. The number of carbonyl (C=O) groups is 4. The highest BCUT2D eigenvalue weighted by Gasteiger charge is 2.05. The molecule has 24 heavy (non-hydrogen) atoms. The third kappa shape index (κ3) is 12.9. The van der Waals surface area contributed by atoms with Crippen LogP contribution in [0.15, 0.2) is 12.2 Å². The standard InChI is InChI=1S/C14H24N4O6/c1-9(2)17-13(21)15-7-23-11(19)5-6-12(20)24-8-16-14(22)18-10(3)4/h5-6,9-10H,7-8H2,1-4H3,(H2,15,17,21)(H2,16,18,22)/b6-5+. The molecule has 0 aromatic heterocycles. The van der Waals surface area contributed by atoms with Crippen LogP contribution in [0, 0.1) is 0 Å². The number of nitrogens with one attached hydrogen (secondary N) is 4. The highest BCUT2D eigenvalue weighted by Crippen LogP contribution is 1.85. The summed E-state index contributed by atoms with van der Waals surface area (Å²) in [5, 5.41) is 9.67. The molecule has 0 saturated heterocycles. The maximum Gasteiger partial charge on any atom is 0.332 e. The molecule has 4 N–H and O–H groups in total. The molecule has 0 aliphatic heterocycles. The van der Waals surface area contributed by atoms with Crippen molar-refractivity contribution in [2.75, 3.05) is 13.5 Å². The summed E-state index contributed by atoms with van der Waals surface area (Å²) in [7, 11) is 0. The van der Waals surface area contributed by atoms with E-state index in [0.717, 1.165) is 12.2 Å². The topological polar surface area (TPSA) is 135 Å². The van der Waals surface area contributed by atoms with E-state index in [1.807, 2.05) is 0 Å². The van der Waals surface area contributed by atoms with Gasteiger partial charge in [-0.25, -0.2) is 19.2 Å². The third-order valence-corrected chi connectivity index (χ3v) is 2.09. The molecule has 0 fully saturated rings. The summed E-state index contributed by atoms with van der Waals surface area (Å²) in [6, 6.07) is -1.06. The van der Waals surface area contributed by atoms with E-state index in [-0.39, 0.29) is 25.5 Å². The number of urea groups is 2. The van der Waals surface area contributed by atoms with Crippen LogP contribution >= 0.6 is 0 Å². The molecule has 0 rings (SSSR count). The zero-order valence-electron chi connectivity index (χ0n) is 14.2. The Bertz CT molecular complexity index is 434. The van der Waals surface area contributed by atoms with Crippen molar-refractivity contribution in [2.45, 2.75) is 39.8 Å². The minimum absolute atomic E-state index is 0.0494.